The average molecular weight is 317 g/mol. The second-order valence-electron chi connectivity index (χ2n) is 5.12. The van der Waals surface area contributed by atoms with Crippen LogP contribution in [0.3, 0.4) is 0 Å². The highest BCUT2D eigenvalue weighted by atomic mass is 79.9. The molecule has 0 radical (unpaired) electrons. The van der Waals surface area contributed by atoms with Crippen molar-refractivity contribution in [2.45, 2.75) is 38.0 Å². The molecule has 1 rings (SSSR count). The van der Waals surface area contributed by atoms with E-state index in [9.17, 15) is 0 Å². The summed E-state index contributed by atoms with van der Waals surface area (Å²) in [6.07, 6.45) is 4.78. The van der Waals surface area contributed by atoms with E-state index in [0.717, 1.165) is 16.6 Å². The summed E-state index contributed by atoms with van der Waals surface area (Å²) in [7, 11) is 2.03. The van der Waals surface area contributed by atoms with E-state index in [1.54, 1.807) is 0 Å². The molecule has 0 amide bonds. The number of nitrogens with one attached hydrogen (secondary N) is 1. The lowest BCUT2D eigenvalue weighted by molar-refractivity contribution is 0.612. The van der Waals surface area contributed by atoms with Crippen LogP contribution in [0.4, 0.5) is 0 Å². The van der Waals surface area contributed by atoms with Gasteiger partial charge < -0.3 is 5.32 Å². The van der Waals surface area contributed by atoms with Gasteiger partial charge in [0.1, 0.15) is 0 Å². The van der Waals surface area contributed by atoms with Crippen LogP contribution in [0.15, 0.2) is 22.9 Å². The van der Waals surface area contributed by atoms with Crippen molar-refractivity contribution in [1.82, 2.24) is 10.3 Å². The fraction of sp³-hybridized carbons (Fsp3) is 0.615. The van der Waals surface area contributed by atoms with Gasteiger partial charge >= 0.3 is 0 Å². The van der Waals surface area contributed by atoms with Gasteiger partial charge in [0.2, 0.25) is 0 Å². The first kappa shape index (κ1) is 15.0. The minimum absolute atomic E-state index is 0.324. The van der Waals surface area contributed by atoms with Gasteiger partial charge in [-0.15, -0.1) is 0 Å². The average Bonchev–Trinajstić information content (AvgIpc) is 2.23. The molecule has 1 aromatic heterocycles. The Hall–Kier alpha value is -0.0600. The molecule has 0 saturated carbocycles. The van der Waals surface area contributed by atoms with Crippen LogP contribution in [-0.4, -0.2) is 28.6 Å². The molecule has 2 nitrogen and oxygen atoms in total. The van der Waals surface area contributed by atoms with Crippen LogP contribution in [0.2, 0.25) is 0 Å². The van der Waals surface area contributed by atoms with Crippen molar-refractivity contribution in [3.8, 4) is 0 Å². The number of nitrogens with zero attached hydrogens (tertiary/aromatic N) is 1. The first-order valence-corrected chi connectivity index (χ1v) is 7.59. The monoisotopic (exact) mass is 316 g/mol. The summed E-state index contributed by atoms with van der Waals surface area (Å²) in [4.78, 5) is 4.20. The maximum absolute atomic E-state index is 4.20. The number of likely N-dealkylation sites (N-methyl/N-ethyl adjacent to an activating group) is 1. The molecule has 1 aromatic rings. The molecule has 0 fully saturated rings. The van der Waals surface area contributed by atoms with Crippen LogP contribution in [0.1, 0.15) is 26.3 Å². The Morgan fingerprint density at radius 2 is 2.12 bits per heavy atom. The zero-order chi connectivity index (χ0) is 12.9. The van der Waals surface area contributed by atoms with Crippen molar-refractivity contribution in [1.29, 1.82) is 0 Å². The predicted molar refractivity (Wildman–Crippen MR) is 80.7 cm³/mol. The number of hydrogen-bond donors (Lipinski definition) is 1. The van der Waals surface area contributed by atoms with Gasteiger partial charge in [-0.1, -0.05) is 20.8 Å². The molecule has 1 atom stereocenters. The summed E-state index contributed by atoms with van der Waals surface area (Å²) in [5.74, 6) is 1.12. The van der Waals surface area contributed by atoms with Crippen molar-refractivity contribution >= 4 is 27.7 Å². The number of thioether (sulfide) groups is 1. The molecule has 0 saturated heterocycles. The Balaban J connectivity index is 2.52. The van der Waals surface area contributed by atoms with Crippen LogP contribution < -0.4 is 5.32 Å². The molecule has 1 N–H and O–H groups in total. The minimum Gasteiger partial charge on any atom is -0.316 e. The van der Waals surface area contributed by atoms with Gasteiger partial charge in [0, 0.05) is 33.4 Å². The van der Waals surface area contributed by atoms with Gasteiger partial charge in [-0.05, 0) is 41.0 Å². The van der Waals surface area contributed by atoms with Crippen molar-refractivity contribution in [2.24, 2.45) is 0 Å². The molecule has 0 aliphatic rings. The molecule has 4 heteroatoms. The van der Waals surface area contributed by atoms with Gasteiger partial charge in [-0.2, -0.15) is 11.8 Å². The standard InChI is InChI=1S/C13H21BrN2S/c1-13(2,3)17-9-12(15-4)6-10-5-11(14)8-16-7-10/h5,7-8,12,15H,6,9H2,1-4H3. The lowest BCUT2D eigenvalue weighted by Gasteiger charge is -2.22. The number of halogens is 1. The summed E-state index contributed by atoms with van der Waals surface area (Å²) in [6, 6.07) is 2.63. The van der Waals surface area contributed by atoms with E-state index in [0.29, 0.717) is 10.8 Å². The van der Waals surface area contributed by atoms with E-state index >= 15 is 0 Å². The van der Waals surface area contributed by atoms with Gasteiger partial charge in [0.15, 0.2) is 0 Å². The Labute approximate surface area is 117 Å². The van der Waals surface area contributed by atoms with Crippen LogP contribution in [0.25, 0.3) is 0 Å². The molecule has 1 unspecified atom stereocenters. The first-order valence-electron chi connectivity index (χ1n) is 5.81. The largest absolute Gasteiger partial charge is 0.316 e. The molecule has 0 aliphatic carbocycles. The first-order chi connectivity index (χ1) is 7.90. The fourth-order valence-corrected chi connectivity index (χ4v) is 2.84. The molecule has 0 spiro atoms. The summed E-state index contributed by atoms with van der Waals surface area (Å²) in [5.41, 5.74) is 1.27. The molecular weight excluding hydrogens is 296 g/mol. The van der Waals surface area contributed by atoms with Gasteiger partial charge in [0.25, 0.3) is 0 Å². The maximum Gasteiger partial charge on any atom is 0.0410 e. The number of hydrogen-bond acceptors (Lipinski definition) is 3. The predicted octanol–water partition coefficient (Wildman–Crippen LogP) is 3.51. The van der Waals surface area contributed by atoms with E-state index in [1.165, 1.54) is 5.56 Å². The summed E-state index contributed by atoms with van der Waals surface area (Å²) in [5, 5.41) is 3.38. The second-order valence-corrected chi connectivity index (χ2v) is 7.89. The quantitative estimate of drug-likeness (QED) is 0.900. The van der Waals surface area contributed by atoms with Crippen molar-refractivity contribution < 1.29 is 0 Å². The van der Waals surface area contributed by atoms with Gasteiger partial charge in [-0.25, -0.2) is 0 Å². The topological polar surface area (TPSA) is 24.9 Å². The van der Waals surface area contributed by atoms with Crippen LogP contribution >= 0.6 is 27.7 Å². The normalized spacial score (nSPS) is 13.7. The Morgan fingerprint density at radius 1 is 1.41 bits per heavy atom. The number of aromatic nitrogens is 1. The van der Waals surface area contributed by atoms with E-state index in [-0.39, 0.29) is 0 Å². The third-order valence-electron chi connectivity index (χ3n) is 2.37. The Bertz CT molecular complexity index is 350. The van der Waals surface area contributed by atoms with Crippen molar-refractivity contribution in [3.05, 3.63) is 28.5 Å². The highest BCUT2D eigenvalue weighted by Crippen LogP contribution is 2.24. The zero-order valence-corrected chi connectivity index (χ0v) is 13.4. The van der Waals surface area contributed by atoms with Crippen molar-refractivity contribution in [2.75, 3.05) is 12.8 Å². The fourth-order valence-electron chi connectivity index (χ4n) is 1.45. The zero-order valence-electron chi connectivity index (χ0n) is 11.0. The van der Waals surface area contributed by atoms with E-state index < -0.39 is 0 Å². The van der Waals surface area contributed by atoms with Gasteiger partial charge in [-0.3, -0.25) is 4.98 Å². The van der Waals surface area contributed by atoms with Crippen LogP contribution in [0, 0.1) is 0 Å². The van der Waals surface area contributed by atoms with Crippen molar-refractivity contribution in [3.63, 3.8) is 0 Å². The molecule has 1 heterocycles. The molecule has 17 heavy (non-hydrogen) atoms. The Kier molecular flexibility index (Phi) is 5.97. The van der Waals surface area contributed by atoms with E-state index in [2.05, 4.69) is 53.1 Å². The maximum atomic E-state index is 4.20. The summed E-state index contributed by atoms with van der Waals surface area (Å²) >= 11 is 5.45. The van der Waals surface area contributed by atoms with E-state index in [1.807, 2.05) is 31.2 Å². The molecule has 0 aromatic carbocycles. The minimum atomic E-state index is 0.324. The highest BCUT2D eigenvalue weighted by molar-refractivity contribution is 9.10. The lowest BCUT2D eigenvalue weighted by atomic mass is 10.1. The molecule has 96 valence electrons. The number of rotatable bonds is 5. The van der Waals surface area contributed by atoms with Gasteiger partial charge in [0.05, 0.1) is 0 Å². The SMILES string of the molecule is CNC(CSC(C)(C)C)Cc1cncc(Br)c1. The Morgan fingerprint density at radius 3 is 2.65 bits per heavy atom. The van der Waals surface area contributed by atoms with Crippen LogP contribution in [0.5, 0.6) is 0 Å². The van der Waals surface area contributed by atoms with Crippen LogP contribution in [-0.2, 0) is 6.42 Å². The van der Waals surface area contributed by atoms with E-state index in [4.69, 9.17) is 0 Å². The third kappa shape index (κ3) is 6.43. The molecule has 0 bridgehead atoms. The molecular formula is C13H21BrN2S. The summed E-state index contributed by atoms with van der Waals surface area (Å²) in [6.45, 7) is 6.77. The smallest absolute Gasteiger partial charge is 0.0410 e. The molecule has 0 aliphatic heterocycles. The second kappa shape index (κ2) is 6.76. The number of pyridine rings is 1. The third-order valence-corrected chi connectivity index (χ3v) is 4.24. The highest BCUT2D eigenvalue weighted by Gasteiger charge is 2.15. The lowest BCUT2D eigenvalue weighted by Crippen LogP contribution is -2.31. The summed E-state index contributed by atoms with van der Waals surface area (Å²) < 4.78 is 1.37.